The zero-order valence-electron chi connectivity index (χ0n) is 12.3. The second-order valence-corrected chi connectivity index (χ2v) is 6.31. The van der Waals surface area contributed by atoms with Crippen LogP contribution in [-0.4, -0.2) is 45.0 Å². The van der Waals surface area contributed by atoms with Gasteiger partial charge in [0, 0.05) is 26.8 Å². The summed E-state index contributed by atoms with van der Waals surface area (Å²) < 4.78 is 33.8. The molecule has 116 valence electrons. The van der Waals surface area contributed by atoms with Crippen LogP contribution < -0.4 is 10.5 Å². The molecule has 0 spiro atoms. The normalized spacial score (nSPS) is 12.0. The lowest BCUT2D eigenvalue weighted by Crippen LogP contribution is -2.26. The summed E-state index contributed by atoms with van der Waals surface area (Å²) in [6, 6.07) is 0. The second kappa shape index (κ2) is 7.72. The SMILES string of the molecule is COCCCCNS(=O)(=O)c1c(C)nn(CCN)c1C. The van der Waals surface area contributed by atoms with Gasteiger partial charge in [0.05, 0.1) is 17.9 Å². The van der Waals surface area contributed by atoms with Crippen LogP contribution in [0.15, 0.2) is 4.90 Å². The molecule has 0 aliphatic heterocycles. The molecule has 0 unspecified atom stereocenters. The van der Waals surface area contributed by atoms with E-state index in [0.717, 1.165) is 12.8 Å². The summed E-state index contributed by atoms with van der Waals surface area (Å²) in [5, 5.41) is 4.22. The molecule has 1 aromatic heterocycles. The highest BCUT2D eigenvalue weighted by molar-refractivity contribution is 7.89. The molecule has 1 rings (SSSR count). The van der Waals surface area contributed by atoms with Gasteiger partial charge in [0.25, 0.3) is 0 Å². The van der Waals surface area contributed by atoms with Crippen molar-refractivity contribution >= 4 is 10.0 Å². The molecule has 0 radical (unpaired) electrons. The number of methoxy groups -OCH3 is 1. The Bertz CT molecular complexity index is 525. The summed E-state index contributed by atoms with van der Waals surface area (Å²) in [6.45, 7) is 5.40. The van der Waals surface area contributed by atoms with Gasteiger partial charge in [-0.05, 0) is 26.7 Å². The zero-order valence-corrected chi connectivity index (χ0v) is 13.2. The first-order valence-electron chi connectivity index (χ1n) is 6.66. The summed E-state index contributed by atoms with van der Waals surface area (Å²) >= 11 is 0. The van der Waals surface area contributed by atoms with Crippen molar-refractivity contribution in [1.82, 2.24) is 14.5 Å². The third-order valence-corrected chi connectivity index (χ3v) is 4.70. The van der Waals surface area contributed by atoms with Crippen LogP contribution >= 0.6 is 0 Å². The lowest BCUT2D eigenvalue weighted by atomic mass is 10.3. The third-order valence-electron chi connectivity index (χ3n) is 2.99. The van der Waals surface area contributed by atoms with E-state index in [4.69, 9.17) is 10.5 Å². The maximum atomic E-state index is 12.3. The van der Waals surface area contributed by atoms with E-state index in [0.29, 0.717) is 37.6 Å². The molecule has 1 aromatic rings. The number of hydrogen-bond donors (Lipinski definition) is 2. The minimum absolute atomic E-state index is 0.262. The highest BCUT2D eigenvalue weighted by Gasteiger charge is 2.23. The Hall–Kier alpha value is -0.960. The minimum Gasteiger partial charge on any atom is -0.385 e. The Morgan fingerprint density at radius 3 is 2.65 bits per heavy atom. The summed E-state index contributed by atoms with van der Waals surface area (Å²) in [7, 11) is -1.89. The van der Waals surface area contributed by atoms with Crippen molar-refractivity contribution in [3.05, 3.63) is 11.4 Å². The number of nitrogens with two attached hydrogens (primary N) is 1. The highest BCUT2D eigenvalue weighted by atomic mass is 32.2. The summed E-state index contributed by atoms with van der Waals surface area (Å²) in [5.74, 6) is 0. The van der Waals surface area contributed by atoms with Gasteiger partial charge in [-0.2, -0.15) is 5.10 Å². The lowest BCUT2D eigenvalue weighted by molar-refractivity contribution is 0.193. The molecular formula is C12H24N4O3S. The van der Waals surface area contributed by atoms with E-state index in [1.807, 2.05) is 0 Å². The number of hydrogen-bond acceptors (Lipinski definition) is 5. The van der Waals surface area contributed by atoms with E-state index in [-0.39, 0.29) is 4.90 Å². The molecule has 3 N–H and O–H groups in total. The number of ether oxygens (including phenoxy) is 1. The van der Waals surface area contributed by atoms with Crippen molar-refractivity contribution < 1.29 is 13.2 Å². The van der Waals surface area contributed by atoms with Gasteiger partial charge >= 0.3 is 0 Å². The Kier molecular flexibility index (Phi) is 6.60. The molecular weight excluding hydrogens is 280 g/mol. The number of nitrogens with one attached hydrogen (secondary N) is 1. The molecule has 20 heavy (non-hydrogen) atoms. The average molecular weight is 304 g/mol. The Morgan fingerprint density at radius 2 is 2.05 bits per heavy atom. The van der Waals surface area contributed by atoms with Crippen LogP contribution in [0, 0.1) is 13.8 Å². The zero-order chi connectivity index (χ0) is 15.2. The molecule has 0 fully saturated rings. The first kappa shape index (κ1) is 17.1. The van der Waals surface area contributed by atoms with E-state index >= 15 is 0 Å². The van der Waals surface area contributed by atoms with Crippen LogP contribution in [0.2, 0.25) is 0 Å². The number of sulfonamides is 1. The third kappa shape index (κ3) is 4.27. The van der Waals surface area contributed by atoms with Crippen LogP contribution in [0.5, 0.6) is 0 Å². The van der Waals surface area contributed by atoms with Gasteiger partial charge in [-0.15, -0.1) is 0 Å². The number of aryl methyl sites for hydroxylation is 1. The van der Waals surface area contributed by atoms with Crippen LogP contribution in [-0.2, 0) is 21.3 Å². The average Bonchev–Trinajstić information content (AvgIpc) is 2.65. The predicted octanol–water partition coefficient (Wildman–Crippen LogP) is 0.164. The number of rotatable bonds is 9. The predicted molar refractivity (Wildman–Crippen MR) is 77.1 cm³/mol. The topological polar surface area (TPSA) is 99.2 Å². The van der Waals surface area contributed by atoms with E-state index in [9.17, 15) is 8.42 Å². The summed E-state index contributed by atoms with van der Waals surface area (Å²) in [4.78, 5) is 0.262. The van der Waals surface area contributed by atoms with Crippen LogP contribution in [0.3, 0.4) is 0 Å². The molecule has 0 amide bonds. The molecule has 7 nitrogen and oxygen atoms in total. The molecule has 0 bridgehead atoms. The van der Waals surface area contributed by atoms with Gasteiger partial charge in [-0.3, -0.25) is 4.68 Å². The van der Waals surface area contributed by atoms with Gasteiger partial charge in [-0.25, -0.2) is 13.1 Å². The van der Waals surface area contributed by atoms with Gasteiger partial charge in [0.2, 0.25) is 10.0 Å². The van der Waals surface area contributed by atoms with Crippen molar-refractivity contribution in [3.8, 4) is 0 Å². The Balaban J connectivity index is 2.77. The van der Waals surface area contributed by atoms with Gasteiger partial charge < -0.3 is 10.5 Å². The number of nitrogens with zero attached hydrogens (tertiary/aromatic N) is 2. The van der Waals surface area contributed by atoms with Gasteiger partial charge in [-0.1, -0.05) is 0 Å². The monoisotopic (exact) mass is 304 g/mol. The lowest BCUT2D eigenvalue weighted by Gasteiger charge is -2.07. The molecule has 0 saturated heterocycles. The van der Waals surface area contributed by atoms with Gasteiger partial charge in [0.1, 0.15) is 4.90 Å². The Morgan fingerprint density at radius 1 is 1.35 bits per heavy atom. The van der Waals surface area contributed by atoms with Crippen molar-refractivity contribution in [3.63, 3.8) is 0 Å². The first-order chi connectivity index (χ1) is 9.44. The number of unbranched alkanes of at least 4 members (excludes halogenated alkanes) is 1. The van der Waals surface area contributed by atoms with Crippen LogP contribution in [0.1, 0.15) is 24.2 Å². The van der Waals surface area contributed by atoms with E-state index in [1.54, 1.807) is 25.6 Å². The van der Waals surface area contributed by atoms with Crippen molar-refractivity contribution in [2.45, 2.75) is 38.1 Å². The van der Waals surface area contributed by atoms with Crippen molar-refractivity contribution in [2.24, 2.45) is 5.73 Å². The fraction of sp³-hybridized carbons (Fsp3) is 0.750. The molecule has 8 heteroatoms. The largest absolute Gasteiger partial charge is 0.385 e. The van der Waals surface area contributed by atoms with E-state index < -0.39 is 10.0 Å². The first-order valence-corrected chi connectivity index (χ1v) is 8.15. The molecule has 1 heterocycles. The highest BCUT2D eigenvalue weighted by Crippen LogP contribution is 2.18. The maximum absolute atomic E-state index is 12.3. The molecule has 0 atom stereocenters. The minimum atomic E-state index is -3.52. The van der Waals surface area contributed by atoms with Crippen molar-refractivity contribution in [1.29, 1.82) is 0 Å². The van der Waals surface area contributed by atoms with Crippen LogP contribution in [0.25, 0.3) is 0 Å². The molecule has 0 aromatic carbocycles. The second-order valence-electron chi connectivity index (χ2n) is 4.61. The molecule has 0 aliphatic rings. The quantitative estimate of drug-likeness (QED) is 0.633. The molecule has 0 aliphatic carbocycles. The standard InChI is InChI=1S/C12H24N4O3S/c1-10-12(11(2)16(15-10)8-6-13)20(17,18)14-7-4-5-9-19-3/h14H,4-9,13H2,1-3H3. The van der Waals surface area contributed by atoms with E-state index in [1.165, 1.54) is 0 Å². The van der Waals surface area contributed by atoms with Crippen molar-refractivity contribution in [2.75, 3.05) is 26.8 Å². The summed E-state index contributed by atoms with van der Waals surface area (Å²) in [5.41, 5.74) is 6.61. The molecule has 0 saturated carbocycles. The Labute approximate surface area is 120 Å². The maximum Gasteiger partial charge on any atom is 0.244 e. The van der Waals surface area contributed by atoms with Crippen LogP contribution in [0.4, 0.5) is 0 Å². The fourth-order valence-corrected chi connectivity index (χ4v) is 3.54. The number of aromatic nitrogens is 2. The fourth-order valence-electron chi connectivity index (χ4n) is 2.06. The summed E-state index contributed by atoms with van der Waals surface area (Å²) in [6.07, 6.45) is 1.56. The smallest absolute Gasteiger partial charge is 0.244 e. The van der Waals surface area contributed by atoms with Gasteiger partial charge in [0.15, 0.2) is 0 Å². The van der Waals surface area contributed by atoms with E-state index in [2.05, 4.69) is 9.82 Å².